The Bertz CT molecular complexity index is 945. The van der Waals surface area contributed by atoms with Gasteiger partial charge >= 0.3 is 0 Å². The zero-order valence-electron chi connectivity index (χ0n) is 15.0. The fraction of sp³-hybridized carbons (Fsp3) is 0.0909. The Morgan fingerprint density at radius 2 is 1.57 bits per heavy atom. The summed E-state index contributed by atoms with van der Waals surface area (Å²) in [5.74, 6) is 0.298. The van der Waals surface area contributed by atoms with Gasteiger partial charge in [0.1, 0.15) is 30.5 Å². The molecule has 0 fully saturated rings. The van der Waals surface area contributed by atoms with Gasteiger partial charge in [0.15, 0.2) is 0 Å². The molecule has 0 unspecified atom stereocenters. The lowest BCUT2D eigenvalue weighted by molar-refractivity contribution is 0.0950. The highest BCUT2D eigenvalue weighted by atomic mass is 19.1. The highest BCUT2D eigenvalue weighted by molar-refractivity contribution is 5.97. The lowest BCUT2D eigenvalue weighted by Gasteiger charge is -2.11. The van der Waals surface area contributed by atoms with Crippen LogP contribution in [0, 0.1) is 5.82 Å². The number of carbonyl (C=O) groups is 1. The average Bonchev–Trinajstić information content (AvgIpc) is 2.73. The first-order chi connectivity index (χ1) is 13.7. The molecular weight excluding hydrogens is 359 g/mol. The highest BCUT2D eigenvalue weighted by Gasteiger charge is 2.11. The molecule has 0 aliphatic heterocycles. The van der Waals surface area contributed by atoms with Gasteiger partial charge in [-0.15, -0.1) is 0 Å². The zero-order valence-corrected chi connectivity index (χ0v) is 15.0. The first-order valence-electron chi connectivity index (χ1n) is 8.71. The van der Waals surface area contributed by atoms with Crippen LogP contribution in [-0.2, 0) is 0 Å². The number of rotatable bonds is 8. The van der Waals surface area contributed by atoms with Crippen molar-refractivity contribution in [3.63, 3.8) is 0 Å². The van der Waals surface area contributed by atoms with Gasteiger partial charge in [0.2, 0.25) is 0 Å². The van der Waals surface area contributed by atoms with Gasteiger partial charge in [-0.05, 0) is 30.3 Å². The topological polar surface area (TPSA) is 59.9 Å². The molecule has 0 saturated carbocycles. The van der Waals surface area contributed by atoms with Gasteiger partial charge in [-0.25, -0.2) is 9.82 Å². The second kappa shape index (κ2) is 9.87. The molecule has 142 valence electrons. The monoisotopic (exact) mass is 378 g/mol. The summed E-state index contributed by atoms with van der Waals surface area (Å²) in [6.07, 6.45) is 1.25. The van der Waals surface area contributed by atoms with Crippen molar-refractivity contribution in [3.05, 3.63) is 95.8 Å². The molecule has 0 aliphatic carbocycles. The summed E-state index contributed by atoms with van der Waals surface area (Å²) in [7, 11) is 0. The number of hydrogen-bond acceptors (Lipinski definition) is 4. The van der Waals surface area contributed by atoms with E-state index in [9.17, 15) is 9.18 Å². The van der Waals surface area contributed by atoms with Crippen LogP contribution in [0.5, 0.6) is 11.5 Å². The van der Waals surface area contributed by atoms with Crippen molar-refractivity contribution in [1.29, 1.82) is 0 Å². The van der Waals surface area contributed by atoms with Gasteiger partial charge in [-0.3, -0.25) is 4.79 Å². The molecule has 5 nitrogen and oxygen atoms in total. The van der Waals surface area contributed by atoms with Gasteiger partial charge in [0, 0.05) is 5.56 Å². The maximum atomic E-state index is 13.6. The number of nitrogens with zero attached hydrogens (tertiary/aromatic N) is 1. The minimum absolute atomic E-state index is 0.275. The maximum Gasteiger partial charge on any atom is 0.275 e. The van der Waals surface area contributed by atoms with E-state index in [2.05, 4.69) is 10.5 Å². The van der Waals surface area contributed by atoms with Crippen LogP contribution in [0.4, 0.5) is 4.39 Å². The molecule has 3 aromatic rings. The minimum atomic E-state index is -0.452. The van der Waals surface area contributed by atoms with Crippen molar-refractivity contribution >= 4 is 12.1 Å². The number of benzene rings is 3. The van der Waals surface area contributed by atoms with Crippen LogP contribution in [0.15, 0.2) is 84.0 Å². The average molecular weight is 378 g/mol. The molecule has 0 spiro atoms. The van der Waals surface area contributed by atoms with Crippen LogP contribution in [0.2, 0.25) is 0 Å². The van der Waals surface area contributed by atoms with Crippen LogP contribution < -0.4 is 14.9 Å². The number of hydrogen-bond donors (Lipinski definition) is 1. The SMILES string of the molecule is O=C(N/N=C\c1ccccc1F)c1ccccc1OCCOc1ccccc1. The molecule has 1 amide bonds. The number of carbonyl (C=O) groups excluding carboxylic acids is 1. The fourth-order valence-electron chi connectivity index (χ4n) is 2.41. The third-order valence-corrected chi connectivity index (χ3v) is 3.76. The van der Waals surface area contributed by atoms with E-state index in [-0.39, 0.29) is 12.2 Å². The smallest absolute Gasteiger partial charge is 0.275 e. The first kappa shape index (κ1) is 19.1. The van der Waals surface area contributed by atoms with Crippen molar-refractivity contribution in [1.82, 2.24) is 5.43 Å². The molecular formula is C22H19FN2O3. The van der Waals surface area contributed by atoms with Gasteiger partial charge in [-0.1, -0.05) is 48.5 Å². The predicted octanol–water partition coefficient (Wildman–Crippen LogP) is 4.05. The van der Waals surface area contributed by atoms with E-state index in [1.807, 2.05) is 30.3 Å². The number of hydrazone groups is 1. The van der Waals surface area contributed by atoms with E-state index in [1.54, 1.807) is 42.5 Å². The summed E-state index contributed by atoms with van der Waals surface area (Å²) in [5.41, 5.74) is 2.99. The number of para-hydroxylation sites is 2. The van der Waals surface area contributed by atoms with Crippen LogP contribution in [0.3, 0.4) is 0 Å². The Hall–Kier alpha value is -3.67. The quantitative estimate of drug-likeness (QED) is 0.365. The standard InChI is InChI=1S/C22H19FN2O3/c23-20-12-6-4-8-17(20)16-24-25-22(26)19-11-5-7-13-21(19)28-15-14-27-18-9-2-1-3-10-18/h1-13,16H,14-15H2,(H,25,26)/b24-16-. The van der Waals surface area contributed by atoms with Crippen LogP contribution in [-0.4, -0.2) is 25.3 Å². The lowest BCUT2D eigenvalue weighted by Crippen LogP contribution is -2.19. The Balaban J connectivity index is 1.55. The van der Waals surface area contributed by atoms with Crippen molar-refractivity contribution in [2.24, 2.45) is 5.10 Å². The van der Waals surface area contributed by atoms with Gasteiger partial charge < -0.3 is 9.47 Å². The maximum absolute atomic E-state index is 13.6. The number of halogens is 1. The summed E-state index contributed by atoms with van der Waals surface area (Å²) >= 11 is 0. The van der Waals surface area contributed by atoms with E-state index < -0.39 is 11.7 Å². The summed E-state index contributed by atoms with van der Waals surface area (Å²) in [6, 6.07) is 22.4. The molecule has 0 aromatic heterocycles. The molecule has 3 rings (SSSR count). The third kappa shape index (κ3) is 5.41. The fourth-order valence-corrected chi connectivity index (χ4v) is 2.41. The molecule has 0 aliphatic rings. The van der Waals surface area contributed by atoms with Crippen molar-refractivity contribution < 1.29 is 18.7 Å². The van der Waals surface area contributed by atoms with E-state index in [0.717, 1.165) is 5.75 Å². The van der Waals surface area contributed by atoms with E-state index in [0.29, 0.717) is 17.9 Å². The van der Waals surface area contributed by atoms with Gasteiger partial charge in [-0.2, -0.15) is 5.10 Å². The minimum Gasteiger partial charge on any atom is -0.490 e. The summed E-state index contributed by atoms with van der Waals surface area (Å²) < 4.78 is 24.8. The van der Waals surface area contributed by atoms with Crippen LogP contribution in [0.25, 0.3) is 0 Å². The van der Waals surface area contributed by atoms with E-state index >= 15 is 0 Å². The van der Waals surface area contributed by atoms with Crippen LogP contribution in [0.1, 0.15) is 15.9 Å². The van der Waals surface area contributed by atoms with Gasteiger partial charge in [0.25, 0.3) is 5.91 Å². The number of ether oxygens (including phenoxy) is 2. The number of nitrogens with one attached hydrogen (secondary N) is 1. The summed E-state index contributed by atoms with van der Waals surface area (Å²) in [4.78, 5) is 12.4. The van der Waals surface area contributed by atoms with E-state index in [1.165, 1.54) is 12.3 Å². The largest absolute Gasteiger partial charge is 0.490 e. The van der Waals surface area contributed by atoms with Crippen LogP contribution >= 0.6 is 0 Å². The molecule has 0 bridgehead atoms. The molecule has 0 saturated heterocycles. The second-order valence-electron chi connectivity index (χ2n) is 5.73. The van der Waals surface area contributed by atoms with Crippen molar-refractivity contribution in [2.45, 2.75) is 0 Å². The second-order valence-corrected chi connectivity index (χ2v) is 5.73. The zero-order chi connectivity index (χ0) is 19.6. The Labute approximate surface area is 162 Å². The molecule has 28 heavy (non-hydrogen) atoms. The third-order valence-electron chi connectivity index (χ3n) is 3.76. The molecule has 0 radical (unpaired) electrons. The van der Waals surface area contributed by atoms with Gasteiger partial charge in [0.05, 0.1) is 11.8 Å². The molecule has 0 heterocycles. The Kier molecular flexibility index (Phi) is 6.73. The Morgan fingerprint density at radius 1 is 0.893 bits per heavy atom. The molecule has 1 N–H and O–H groups in total. The summed E-state index contributed by atoms with van der Waals surface area (Å²) in [6.45, 7) is 0.614. The lowest BCUT2D eigenvalue weighted by atomic mass is 10.2. The van der Waals surface area contributed by atoms with Crippen molar-refractivity contribution in [2.75, 3.05) is 13.2 Å². The first-order valence-corrected chi connectivity index (χ1v) is 8.71. The molecule has 3 aromatic carbocycles. The Morgan fingerprint density at radius 3 is 2.39 bits per heavy atom. The van der Waals surface area contributed by atoms with Crippen molar-refractivity contribution in [3.8, 4) is 11.5 Å². The predicted molar refractivity (Wildman–Crippen MR) is 105 cm³/mol. The normalized spacial score (nSPS) is 10.6. The molecule has 6 heteroatoms. The van der Waals surface area contributed by atoms with E-state index in [4.69, 9.17) is 9.47 Å². The summed E-state index contributed by atoms with van der Waals surface area (Å²) in [5, 5.41) is 3.81. The highest BCUT2D eigenvalue weighted by Crippen LogP contribution is 2.18. The molecule has 0 atom stereocenters. The number of amides is 1.